The maximum absolute atomic E-state index is 9.30. The minimum atomic E-state index is 0.287. The molecule has 98 valence electrons. The Hall–Kier alpha value is -1.18. The normalized spacial score (nSPS) is 36.8. The van der Waals surface area contributed by atoms with E-state index in [1.54, 1.807) is 12.1 Å². The molecular formula is C16H22O2. The van der Waals surface area contributed by atoms with E-state index in [-0.39, 0.29) is 5.41 Å². The fourth-order valence-corrected chi connectivity index (χ4v) is 4.00. The van der Waals surface area contributed by atoms with Gasteiger partial charge in [-0.15, -0.1) is 0 Å². The predicted octanol–water partition coefficient (Wildman–Crippen LogP) is 3.99. The first-order chi connectivity index (χ1) is 8.43. The second-order valence-electron chi connectivity index (χ2n) is 6.71. The van der Waals surface area contributed by atoms with Crippen LogP contribution in [0.1, 0.15) is 40.0 Å². The van der Waals surface area contributed by atoms with Crippen LogP contribution in [0.15, 0.2) is 24.3 Å². The molecule has 0 radical (unpaired) electrons. The topological polar surface area (TPSA) is 29.5 Å². The van der Waals surface area contributed by atoms with Gasteiger partial charge in [0, 0.05) is 5.41 Å². The number of rotatable bonds is 2. The Bertz CT molecular complexity index is 449. The van der Waals surface area contributed by atoms with Crippen LogP contribution in [0, 0.1) is 16.7 Å². The van der Waals surface area contributed by atoms with Crippen molar-refractivity contribution < 1.29 is 9.84 Å². The van der Waals surface area contributed by atoms with E-state index in [0.29, 0.717) is 17.3 Å². The molecule has 3 atom stereocenters. The van der Waals surface area contributed by atoms with Crippen molar-refractivity contribution in [3.8, 4) is 11.5 Å². The Morgan fingerprint density at radius 3 is 2.33 bits per heavy atom. The van der Waals surface area contributed by atoms with Crippen molar-refractivity contribution in [2.45, 2.75) is 46.1 Å². The van der Waals surface area contributed by atoms with Crippen LogP contribution < -0.4 is 4.74 Å². The van der Waals surface area contributed by atoms with Crippen LogP contribution in [0.2, 0.25) is 0 Å². The molecule has 3 rings (SSSR count). The Balaban J connectivity index is 1.81. The first-order valence-electron chi connectivity index (χ1n) is 6.89. The van der Waals surface area contributed by atoms with Crippen molar-refractivity contribution in [1.29, 1.82) is 0 Å². The molecule has 0 spiro atoms. The average molecular weight is 246 g/mol. The quantitative estimate of drug-likeness (QED) is 0.855. The Morgan fingerprint density at radius 1 is 1.17 bits per heavy atom. The zero-order valence-corrected chi connectivity index (χ0v) is 11.4. The van der Waals surface area contributed by atoms with Gasteiger partial charge in [-0.25, -0.2) is 0 Å². The lowest BCUT2D eigenvalue weighted by molar-refractivity contribution is 0.0301. The lowest BCUT2D eigenvalue weighted by atomic mass is 9.70. The van der Waals surface area contributed by atoms with Gasteiger partial charge in [0.25, 0.3) is 0 Å². The third-order valence-electron chi connectivity index (χ3n) is 5.83. The molecule has 1 N–H and O–H groups in total. The summed E-state index contributed by atoms with van der Waals surface area (Å²) >= 11 is 0. The summed E-state index contributed by atoms with van der Waals surface area (Å²) in [5, 5.41) is 9.30. The molecule has 2 aliphatic carbocycles. The molecule has 1 aromatic carbocycles. The molecule has 0 heterocycles. The predicted molar refractivity (Wildman–Crippen MR) is 71.8 cm³/mol. The van der Waals surface area contributed by atoms with Crippen LogP contribution in [0.5, 0.6) is 11.5 Å². The maximum Gasteiger partial charge on any atom is 0.120 e. The fraction of sp³-hybridized carbons (Fsp3) is 0.625. The number of phenols is 1. The van der Waals surface area contributed by atoms with Gasteiger partial charge in [-0.3, -0.25) is 0 Å². The Labute approximate surface area is 109 Å². The number of hydrogen-bond acceptors (Lipinski definition) is 2. The summed E-state index contributed by atoms with van der Waals surface area (Å²) in [4.78, 5) is 0. The van der Waals surface area contributed by atoms with Crippen LogP contribution in [0.4, 0.5) is 0 Å². The molecule has 2 saturated carbocycles. The van der Waals surface area contributed by atoms with E-state index in [2.05, 4.69) is 20.8 Å². The summed E-state index contributed by atoms with van der Waals surface area (Å²) in [6.07, 6.45) is 4.10. The molecule has 2 nitrogen and oxygen atoms in total. The lowest BCUT2D eigenvalue weighted by Crippen LogP contribution is -2.38. The van der Waals surface area contributed by atoms with Gasteiger partial charge in [0.15, 0.2) is 0 Å². The van der Waals surface area contributed by atoms with Crippen LogP contribution >= 0.6 is 0 Å². The average Bonchev–Trinajstić information content (AvgIpc) is 2.65. The second kappa shape index (κ2) is 3.66. The van der Waals surface area contributed by atoms with E-state index in [1.807, 2.05) is 12.1 Å². The van der Waals surface area contributed by atoms with E-state index in [1.165, 1.54) is 19.3 Å². The summed E-state index contributed by atoms with van der Waals surface area (Å²) in [7, 11) is 0. The van der Waals surface area contributed by atoms with Gasteiger partial charge in [-0.1, -0.05) is 20.8 Å². The van der Waals surface area contributed by atoms with Gasteiger partial charge < -0.3 is 9.84 Å². The van der Waals surface area contributed by atoms with Gasteiger partial charge in [0.05, 0.1) is 0 Å². The van der Waals surface area contributed by atoms with Crippen LogP contribution in [-0.4, -0.2) is 11.2 Å². The van der Waals surface area contributed by atoms with Crippen molar-refractivity contribution in [1.82, 2.24) is 0 Å². The number of benzene rings is 1. The summed E-state index contributed by atoms with van der Waals surface area (Å²) in [6.45, 7) is 7.17. The van der Waals surface area contributed by atoms with Crippen molar-refractivity contribution in [3.05, 3.63) is 24.3 Å². The summed E-state index contributed by atoms with van der Waals surface area (Å²) in [5.74, 6) is 1.97. The molecule has 2 fully saturated rings. The molecule has 1 aromatic rings. The van der Waals surface area contributed by atoms with Crippen molar-refractivity contribution in [2.24, 2.45) is 16.7 Å². The highest BCUT2D eigenvalue weighted by Crippen LogP contribution is 2.66. The van der Waals surface area contributed by atoms with Crippen LogP contribution in [0.3, 0.4) is 0 Å². The van der Waals surface area contributed by atoms with Gasteiger partial charge in [-0.05, 0) is 54.9 Å². The van der Waals surface area contributed by atoms with Crippen molar-refractivity contribution in [3.63, 3.8) is 0 Å². The third kappa shape index (κ3) is 1.47. The number of aromatic hydroxyl groups is 1. The SMILES string of the molecule is CC1(C)[C@H]2CC[C@]1(C)[C@@H](Oc1ccc(O)cc1)C2. The molecule has 0 aliphatic heterocycles. The first kappa shape index (κ1) is 11.9. The standard InChI is InChI=1S/C16H22O2/c1-15(2)11-8-9-16(15,3)14(10-11)18-13-6-4-12(17)5-7-13/h4-7,11,14,17H,8-10H2,1-3H3/t11-,14-,16+/m0/s1. The zero-order chi connectivity index (χ0) is 13.0. The number of hydrogen-bond donors (Lipinski definition) is 1. The highest BCUT2D eigenvalue weighted by Gasteiger charge is 2.62. The summed E-state index contributed by atoms with van der Waals surface area (Å²) in [6, 6.07) is 7.10. The van der Waals surface area contributed by atoms with Crippen LogP contribution in [-0.2, 0) is 0 Å². The summed E-state index contributed by atoms with van der Waals surface area (Å²) in [5.41, 5.74) is 0.671. The van der Waals surface area contributed by atoms with Gasteiger partial charge in [0.2, 0.25) is 0 Å². The fourth-order valence-electron chi connectivity index (χ4n) is 4.00. The molecule has 0 saturated heterocycles. The number of ether oxygens (including phenoxy) is 1. The molecule has 18 heavy (non-hydrogen) atoms. The van der Waals surface area contributed by atoms with Gasteiger partial charge in [-0.2, -0.15) is 0 Å². The monoisotopic (exact) mass is 246 g/mol. The van der Waals surface area contributed by atoms with E-state index in [4.69, 9.17) is 4.74 Å². The molecule has 0 amide bonds. The van der Waals surface area contributed by atoms with E-state index >= 15 is 0 Å². The molecule has 2 aliphatic rings. The molecule has 2 bridgehead atoms. The Morgan fingerprint density at radius 2 is 1.83 bits per heavy atom. The summed E-state index contributed by atoms with van der Waals surface area (Å²) < 4.78 is 6.19. The number of phenolic OH excluding ortho intramolecular Hbond substituents is 1. The molecule has 2 heteroatoms. The van der Waals surface area contributed by atoms with E-state index in [0.717, 1.165) is 11.7 Å². The lowest BCUT2D eigenvalue weighted by Gasteiger charge is -2.38. The van der Waals surface area contributed by atoms with Gasteiger partial charge in [0.1, 0.15) is 17.6 Å². The smallest absolute Gasteiger partial charge is 0.120 e. The first-order valence-corrected chi connectivity index (χ1v) is 6.89. The third-order valence-corrected chi connectivity index (χ3v) is 5.83. The zero-order valence-electron chi connectivity index (χ0n) is 11.4. The highest BCUT2D eigenvalue weighted by molar-refractivity contribution is 5.30. The minimum Gasteiger partial charge on any atom is -0.508 e. The largest absolute Gasteiger partial charge is 0.508 e. The van der Waals surface area contributed by atoms with Crippen molar-refractivity contribution >= 4 is 0 Å². The Kier molecular flexibility index (Phi) is 2.42. The molecule has 0 unspecified atom stereocenters. The van der Waals surface area contributed by atoms with Crippen LogP contribution in [0.25, 0.3) is 0 Å². The van der Waals surface area contributed by atoms with Gasteiger partial charge >= 0.3 is 0 Å². The second-order valence-corrected chi connectivity index (χ2v) is 6.71. The molecule has 0 aromatic heterocycles. The minimum absolute atomic E-state index is 0.287. The molecular weight excluding hydrogens is 224 g/mol. The van der Waals surface area contributed by atoms with E-state index in [9.17, 15) is 5.11 Å². The van der Waals surface area contributed by atoms with E-state index < -0.39 is 0 Å². The highest BCUT2D eigenvalue weighted by atomic mass is 16.5. The maximum atomic E-state index is 9.30. The van der Waals surface area contributed by atoms with Crippen molar-refractivity contribution in [2.75, 3.05) is 0 Å². The number of fused-ring (bicyclic) bond motifs is 2.